The van der Waals surface area contributed by atoms with Gasteiger partial charge in [0.25, 0.3) is 5.97 Å². The molecule has 5 N–H and O–H groups in total. The van der Waals surface area contributed by atoms with Gasteiger partial charge in [-0.25, -0.2) is 24.9 Å². The van der Waals surface area contributed by atoms with Gasteiger partial charge in [-0.3, -0.25) is 28.8 Å². The summed E-state index contributed by atoms with van der Waals surface area (Å²) in [6.45, 7) is 18.4. The molecule has 0 aromatic carbocycles. The van der Waals surface area contributed by atoms with Crippen LogP contribution in [0.15, 0.2) is 0 Å². The quantitative estimate of drug-likeness (QED) is 0.0639. The van der Waals surface area contributed by atoms with Crippen molar-refractivity contribution in [3.63, 3.8) is 0 Å². The third-order valence-corrected chi connectivity index (χ3v) is 21.6. The minimum Gasteiger partial charge on any atom is -1.00 e. The number of carboxylic acid groups (broad SMARTS) is 1. The van der Waals surface area contributed by atoms with Crippen molar-refractivity contribution in [1.29, 1.82) is 5.26 Å². The van der Waals surface area contributed by atoms with Gasteiger partial charge in [0.15, 0.2) is 34.7 Å². The number of carboxylic acids is 1. The van der Waals surface area contributed by atoms with Crippen molar-refractivity contribution in [2.24, 2.45) is 11.5 Å². The second kappa shape index (κ2) is 50.7. The number of aliphatic carboxylic acids is 1. The number of ketones is 5. The molecule has 15 nitrogen and oxygen atoms in total. The number of aryl methyl sites for hydroxylation is 10. The zero-order valence-electron chi connectivity index (χ0n) is 55.6. The van der Waals surface area contributed by atoms with Crippen LogP contribution >= 0.6 is 138 Å². The number of carbonyl (C=O) groups is 6. The van der Waals surface area contributed by atoms with E-state index in [1.165, 1.54) is 136 Å². The number of halogens is 5. The average Bonchev–Trinajstić information content (AvgIpc) is 1.80. The van der Waals surface area contributed by atoms with Crippen molar-refractivity contribution < 1.29 is 54.2 Å². The van der Waals surface area contributed by atoms with Gasteiger partial charge in [-0.05, 0) is 169 Å². The number of hydrogen-bond acceptors (Lipinski definition) is 19. The maximum absolute atomic E-state index is 11.3. The van der Waals surface area contributed by atoms with E-state index < -0.39 is 10.8 Å². The van der Waals surface area contributed by atoms with Gasteiger partial charge in [0.2, 0.25) is 0 Å². The summed E-state index contributed by atoms with van der Waals surface area (Å²) in [6.07, 6.45) is 26.9. The topological polar surface area (TPSA) is 263 Å². The van der Waals surface area contributed by atoms with Crippen LogP contribution < -0.4 is 30.3 Å². The standard InChI is InChI=1S/2C11H17NS.C9H14N2S.C9H10N2S.C8H9NOS.C6H7BrO2.C6H8O2.C2H5NS.C2H4O2.Al.Br2.2ClH.Li.4H/c2*1-3-5-9-6-4-7-10-11(9)13-8(2)12-10;2*1-6-11-8-4-2-3-7(5-10)9(8)12-6;1-5-9-6-3-2-4-7(10)8(6)11-5;7-6-4(8)2-1-3-5(6)9;7-5-2-1-3-6(8)4-5;2*1-2(3)4;;1-2;;;;;;;/h2*9H,3-7H2,1-2H3;7H,2-5,10H2,1H3;7H,2-4H2,1H3;2-4H2,1H3;6H,1-3H2;1-4H2;1H3,(H2,3,4);1H3,(H,3,4);;;2*1H;;;;;/q;;;;;;;;;;;;;+1;;;;-1. The number of thiazole rings is 5. The summed E-state index contributed by atoms with van der Waals surface area (Å²) >= 11 is 21.7. The second-order valence-electron chi connectivity index (χ2n) is 22.5. The van der Waals surface area contributed by atoms with Crippen LogP contribution in [0.3, 0.4) is 0 Å². The van der Waals surface area contributed by atoms with Crippen molar-refractivity contribution in [2.75, 3.05) is 6.54 Å². The molecule has 4 unspecified atom stereocenters. The van der Waals surface area contributed by atoms with Crippen LogP contribution in [0, 0.1) is 45.9 Å². The van der Waals surface area contributed by atoms with Gasteiger partial charge in [0.05, 0.1) is 81.8 Å². The van der Waals surface area contributed by atoms with E-state index in [0.717, 1.165) is 97.3 Å². The molecule has 0 saturated heterocycles. The minimum absolute atomic E-state index is 0. The number of fused-ring (bicyclic) bond motifs is 5. The molecule has 510 valence electrons. The zero-order chi connectivity index (χ0) is 65.5. The van der Waals surface area contributed by atoms with Crippen LogP contribution in [0.5, 0.6) is 0 Å². The Balaban J connectivity index is -0.000000987. The summed E-state index contributed by atoms with van der Waals surface area (Å²) in [6, 6.07) is 2.34. The van der Waals surface area contributed by atoms with E-state index in [9.17, 15) is 24.0 Å². The third-order valence-electron chi connectivity index (χ3n) is 14.9. The zero-order valence-corrected chi connectivity index (χ0v) is 65.9. The predicted octanol–water partition coefficient (Wildman–Crippen LogP) is 14.2. The van der Waals surface area contributed by atoms with Gasteiger partial charge < -0.3 is 18.0 Å². The number of alkyl halides is 1. The van der Waals surface area contributed by atoms with Crippen LogP contribution in [-0.4, -0.2) is 98.6 Å². The van der Waals surface area contributed by atoms with Crippen LogP contribution in [0.1, 0.15) is 270 Å². The second-order valence-corrected chi connectivity index (χ2v) is 30.2. The maximum atomic E-state index is 11.3. The Labute approximate surface area is 632 Å². The molecule has 2 fully saturated rings. The molecule has 0 amide bonds. The number of rotatable bonds is 5. The molecule has 4 atom stereocenters. The molecule has 0 radical (unpaired) electrons. The van der Waals surface area contributed by atoms with E-state index in [2.05, 4.69) is 122 Å². The Bertz CT molecular complexity index is 3000. The fourth-order valence-corrected chi connectivity index (χ4v) is 17.0. The van der Waals surface area contributed by atoms with E-state index in [1.807, 2.05) is 47.9 Å². The molecule has 0 aliphatic heterocycles. The number of Topliss-reactive ketones (excluding diaryl/α,β-unsaturated/α-hetero) is 5. The fourth-order valence-electron chi connectivity index (χ4n) is 11.2. The molecular weight excluding hydrogens is 1530 g/mol. The number of nitrogens with two attached hydrogens (primary N) is 2. The molecule has 0 bridgehead atoms. The van der Waals surface area contributed by atoms with E-state index in [-0.39, 0.29) is 104 Å². The number of nitrogens with zero attached hydrogens (tertiary/aromatic N) is 6. The molecule has 7 aliphatic rings. The molecular formula is C64H97AlBr3Cl2LiN8O7S6. The Morgan fingerprint density at radius 3 is 1.24 bits per heavy atom. The smallest absolute Gasteiger partial charge is 1.00 e. The van der Waals surface area contributed by atoms with Crippen molar-refractivity contribution in [3.8, 4) is 6.07 Å². The number of hydrogen-bond donors (Lipinski definition) is 3. The number of carbonyl (C=O) groups excluding carboxylic acids is 5. The number of aromatic nitrogens is 5. The van der Waals surface area contributed by atoms with Gasteiger partial charge >= 0.3 is 18.9 Å². The number of nitriles is 1. The maximum Gasteiger partial charge on any atom is 1.00 e. The fraction of sp³-hybridized carbons (Fsp3) is 0.641. The summed E-state index contributed by atoms with van der Waals surface area (Å²) in [5.41, 5.74) is 16.9. The Morgan fingerprint density at radius 1 is 0.576 bits per heavy atom. The van der Waals surface area contributed by atoms with E-state index >= 15 is 0 Å². The normalized spacial score (nSPS) is 18.5. The first-order chi connectivity index (χ1) is 42.0. The molecule has 5 aromatic rings. The van der Waals surface area contributed by atoms with E-state index in [1.54, 1.807) is 28.0 Å². The van der Waals surface area contributed by atoms with Crippen LogP contribution in [0.2, 0.25) is 0 Å². The van der Waals surface area contributed by atoms with Crippen molar-refractivity contribution in [2.45, 2.75) is 258 Å². The summed E-state index contributed by atoms with van der Waals surface area (Å²) in [7, 11) is 0. The average molecular weight is 1630 g/mol. The summed E-state index contributed by atoms with van der Waals surface area (Å²) in [5.74, 6) is 2.14. The molecule has 28 heteroatoms. The summed E-state index contributed by atoms with van der Waals surface area (Å²) in [5, 5.41) is 22.1. The Morgan fingerprint density at radius 2 is 0.891 bits per heavy atom. The first-order valence-corrected chi connectivity index (χ1v) is 39.9. The molecule has 5 heterocycles. The van der Waals surface area contributed by atoms with Crippen molar-refractivity contribution >= 4 is 195 Å². The Kier molecular flexibility index (Phi) is 51.0. The van der Waals surface area contributed by atoms with Crippen molar-refractivity contribution in [3.05, 3.63) is 77.9 Å². The molecule has 2 saturated carbocycles. The van der Waals surface area contributed by atoms with Crippen LogP contribution in [0.25, 0.3) is 0 Å². The third kappa shape index (κ3) is 33.3. The summed E-state index contributed by atoms with van der Waals surface area (Å²) in [4.78, 5) is 91.9. The van der Waals surface area contributed by atoms with E-state index in [4.69, 9.17) is 26.6 Å². The van der Waals surface area contributed by atoms with Crippen LogP contribution in [0.4, 0.5) is 0 Å². The van der Waals surface area contributed by atoms with Gasteiger partial charge in [0, 0.05) is 99.3 Å². The minimum atomic E-state index is -0.833. The van der Waals surface area contributed by atoms with E-state index in [0.29, 0.717) is 43.0 Å². The van der Waals surface area contributed by atoms with Gasteiger partial charge in [0.1, 0.15) is 16.4 Å². The first-order valence-electron chi connectivity index (χ1n) is 30.7. The largest absolute Gasteiger partial charge is 1.00 e. The van der Waals surface area contributed by atoms with Gasteiger partial charge in [-0.15, -0.1) is 81.5 Å². The Hall–Kier alpha value is -1.54. The van der Waals surface area contributed by atoms with Crippen LogP contribution in [-0.2, 0) is 56.1 Å². The first kappa shape index (κ1) is 92.5. The molecule has 5 aromatic heterocycles. The summed E-state index contributed by atoms with van der Waals surface area (Å²) < 4.78 is 0. The molecule has 12 rings (SSSR count). The monoisotopic (exact) mass is 1620 g/mol. The predicted molar refractivity (Wildman–Crippen MR) is 403 cm³/mol. The van der Waals surface area contributed by atoms with Crippen molar-refractivity contribution in [1.82, 2.24) is 24.9 Å². The SMILES string of the molecule is BrBr.CC(=O)O.CC(N)=S.CCCC1CCCc2nc(C)sc21.CCCC1CCCc2nc(C)sc21.Cc1nc2c(s1)C(=O)CCC2.Cc1nc2c(s1)C(C#N)CCC2.Cc1nc2c(s1)C(CN)CCC2.Cl.Cl.O=C1CCCC(=O)C1.O=C1CCCC(=O)C1Br.[AlH3].[H-].[Li+]. The number of thiocarbonyl (C=S) groups is 1. The molecule has 92 heavy (non-hydrogen) atoms. The van der Waals surface area contributed by atoms with Gasteiger partial charge in [-0.2, -0.15) is 5.26 Å². The molecule has 7 aliphatic carbocycles. The van der Waals surface area contributed by atoms with Gasteiger partial charge in [-0.1, -0.05) is 54.8 Å². The molecule has 0 spiro atoms.